The number of hydrogen-bond donors (Lipinski definition) is 1. The van der Waals surface area contributed by atoms with E-state index in [0.29, 0.717) is 27.7 Å². The monoisotopic (exact) mass is 493 g/mol. The molecule has 1 aliphatic carbocycles. The number of thioether (sulfide) groups is 1. The van der Waals surface area contributed by atoms with Gasteiger partial charge in [-0.05, 0) is 36.1 Å². The summed E-state index contributed by atoms with van der Waals surface area (Å²) in [6, 6.07) is 20.5. The molecule has 34 heavy (non-hydrogen) atoms. The number of nitrogens with zero attached hydrogens (tertiary/aromatic N) is 4. The van der Waals surface area contributed by atoms with Crippen LogP contribution in [0.5, 0.6) is 0 Å². The first-order chi connectivity index (χ1) is 16.6. The van der Waals surface area contributed by atoms with Gasteiger partial charge in [0, 0.05) is 56.1 Å². The van der Waals surface area contributed by atoms with Crippen LogP contribution in [0.2, 0.25) is 5.15 Å². The van der Waals surface area contributed by atoms with Gasteiger partial charge in [0.15, 0.2) is 5.16 Å². The average Bonchev–Trinajstić information content (AvgIpc) is 3.68. The Morgan fingerprint density at radius 1 is 0.971 bits per heavy atom. The molecule has 1 saturated carbocycles. The highest BCUT2D eigenvalue weighted by molar-refractivity contribution is 7.98. The smallest absolute Gasteiger partial charge is 0.251 e. The van der Waals surface area contributed by atoms with E-state index < -0.39 is 0 Å². The summed E-state index contributed by atoms with van der Waals surface area (Å²) >= 11 is 7.89. The van der Waals surface area contributed by atoms with E-state index in [1.807, 2.05) is 30.3 Å². The molecule has 0 atom stereocenters. The van der Waals surface area contributed by atoms with Gasteiger partial charge in [0.2, 0.25) is 0 Å². The molecule has 176 valence electrons. The molecule has 0 unspecified atom stereocenters. The fourth-order valence-corrected chi connectivity index (χ4v) is 5.06. The number of carbonyl (C=O) groups is 1. The molecule has 1 aromatic heterocycles. The highest BCUT2D eigenvalue weighted by Crippen LogP contribution is 2.26. The molecule has 2 heterocycles. The maximum Gasteiger partial charge on any atom is 0.251 e. The van der Waals surface area contributed by atoms with Crippen LogP contribution in [0.3, 0.4) is 0 Å². The zero-order chi connectivity index (χ0) is 23.3. The Morgan fingerprint density at radius 2 is 1.74 bits per heavy atom. The van der Waals surface area contributed by atoms with Crippen molar-refractivity contribution in [1.82, 2.24) is 20.2 Å². The number of aromatic nitrogens is 2. The van der Waals surface area contributed by atoms with Gasteiger partial charge in [-0.2, -0.15) is 0 Å². The highest BCUT2D eigenvalue weighted by Gasteiger charge is 2.24. The predicted octanol–water partition coefficient (Wildman–Crippen LogP) is 4.64. The van der Waals surface area contributed by atoms with Crippen LogP contribution in [0, 0.1) is 0 Å². The van der Waals surface area contributed by atoms with E-state index in [9.17, 15) is 4.79 Å². The minimum Gasteiger partial charge on any atom is -0.354 e. The zero-order valence-electron chi connectivity index (χ0n) is 19.0. The summed E-state index contributed by atoms with van der Waals surface area (Å²) in [5.41, 5.74) is 3.10. The fraction of sp³-hybridized carbons (Fsp3) is 0.346. The maximum atomic E-state index is 12.3. The van der Waals surface area contributed by atoms with Gasteiger partial charge in [0.1, 0.15) is 11.0 Å². The number of anilines is 1. The van der Waals surface area contributed by atoms with Gasteiger partial charge >= 0.3 is 0 Å². The van der Waals surface area contributed by atoms with Crippen molar-refractivity contribution in [2.24, 2.45) is 0 Å². The quantitative estimate of drug-likeness (QED) is 0.280. The molecule has 0 spiro atoms. The van der Waals surface area contributed by atoms with Crippen LogP contribution in [0.25, 0.3) is 0 Å². The van der Waals surface area contributed by atoms with Crippen molar-refractivity contribution >= 4 is 35.1 Å². The standard InChI is InChI=1S/C26H28ClN5OS/c27-23-16-24(32-13-11-31(12-14-32)17-19-5-2-1-3-6-19)30-26(29-23)34-18-20-7-4-8-21(15-20)25(33)28-22-9-10-22/h1-8,15-16,22H,9-14,17-18H2,(H,28,33). The lowest BCUT2D eigenvalue weighted by molar-refractivity contribution is 0.0951. The number of nitrogens with one attached hydrogen (secondary N) is 1. The molecule has 1 saturated heterocycles. The van der Waals surface area contributed by atoms with Crippen LogP contribution in [0.1, 0.15) is 34.3 Å². The molecule has 2 aliphatic rings. The van der Waals surface area contributed by atoms with Crippen LogP contribution in [0.15, 0.2) is 65.8 Å². The summed E-state index contributed by atoms with van der Waals surface area (Å²) in [7, 11) is 0. The number of rotatable bonds is 8. The van der Waals surface area contributed by atoms with Gasteiger partial charge in [-0.3, -0.25) is 9.69 Å². The molecule has 6 nitrogen and oxygen atoms in total. The van der Waals surface area contributed by atoms with Crippen molar-refractivity contribution in [1.29, 1.82) is 0 Å². The Kier molecular flexibility index (Phi) is 7.33. The van der Waals surface area contributed by atoms with Crippen molar-refractivity contribution in [3.8, 4) is 0 Å². The summed E-state index contributed by atoms with van der Waals surface area (Å²) < 4.78 is 0. The first kappa shape index (κ1) is 23.1. The van der Waals surface area contributed by atoms with Crippen LogP contribution in [-0.4, -0.2) is 53.0 Å². The van der Waals surface area contributed by atoms with E-state index in [1.165, 1.54) is 17.3 Å². The van der Waals surface area contributed by atoms with E-state index >= 15 is 0 Å². The topological polar surface area (TPSA) is 61.4 Å². The third-order valence-corrected chi connectivity index (χ3v) is 7.19. The second-order valence-corrected chi connectivity index (χ2v) is 10.1. The Balaban J connectivity index is 1.18. The molecule has 8 heteroatoms. The van der Waals surface area contributed by atoms with Crippen LogP contribution in [-0.2, 0) is 12.3 Å². The summed E-state index contributed by atoms with van der Waals surface area (Å²) in [4.78, 5) is 26.3. The van der Waals surface area contributed by atoms with Crippen molar-refractivity contribution in [3.05, 3.63) is 82.5 Å². The third kappa shape index (κ3) is 6.29. The summed E-state index contributed by atoms with van der Waals surface area (Å²) in [6.45, 7) is 4.74. The van der Waals surface area contributed by atoms with E-state index in [1.54, 1.807) is 0 Å². The van der Waals surface area contributed by atoms with Gasteiger partial charge in [0.25, 0.3) is 5.91 Å². The Morgan fingerprint density at radius 3 is 2.50 bits per heavy atom. The first-order valence-electron chi connectivity index (χ1n) is 11.7. The fourth-order valence-electron chi connectivity index (χ4n) is 4.04. The second-order valence-electron chi connectivity index (χ2n) is 8.82. The van der Waals surface area contributed by atoms with Gasteiger partial charge in [0.05, 0.1) is 0 Å². The number of piperazine rings is 1. The van der Waals surface area contributed by atoms with Crippen molar-refractivity contribution in [2.45, 2.75) is 36.3 Å². The molecule has 0 radical (unpaired) electrons. The molecule has 1 amide bonds. The van der Waals surface area contributed by atoms with E-state index in [2.05, 4.69) is 50.4 Å². The summed E-state index contributed by atoms with van der Waals surface area (Å²) in [5, 5.41) is 4.15. The summed E-state index contributed by atoms with van der Waals surface area (Å²) in [5.74, 6) is 1.55. The lowest BCUT2D eigenvalue weighted by Crippen LogP contribution is -2.46. The van der Waals surface area contributed by atoms with Crippen LogP contribution < -0.4 is 10.2 Å². The van der Waals surface area contributed by atoms with Crippen molar-refractivity contribution in [2.75, 3.05) is 31.1 Å². The number of halogens is 1. The first-order valence-corrected chi connectivity index (χ1v) is 13.1. The van der Waals surface area contributed by atoms with E-state index in [4.69, 9.17) is 16.6 Å². The molecule has 2 fully saturated rings. The number of benzene rings is 2. The number of hydrogen-bond acceptors (Lipinski definition) is 6. The molecule has 0 bridgehead atoms. The van der Waals surface area contributed by atoms with Gasteiger partial charge < -0.3 is 10.2 Å². The Labute approximate surface area is 209 Å². The van der Waals surface area contributed by atoms with Crippen molar-refractivity contribution < 1.29 is 4.79 Å². The average molecular weight is 494 g/mol. The molecule has 3 aromatic rings. The van der Waals surface area contributed by atoms with E-state index in [-0.39, 0.29) is 5.91 Å². The largest absolute Gasteiger partial charge is 0.354 e. The van der Waals surface area contributed by atoms with Crippen molar-refractivity contribution in [3.63, 3.8) is 0 Å². The Hall–Kier alpha value is -2.61. The molecule has 1 aliphatic heterocycles. The van der Waals surface area contributed by atoms with Gasteiger partial charge in [-0.25, -0.2) is 9.97 Å². The van der Waals surface area contributed by atoms with Crippen LogP contribution in [0.4, 0.5) is 5.82 Å². The van der Waals surface area contributed by atoms with Crippen LogP contribution >= 0.6 is 23.4 Å². The number of carbonyl (C=O) groups excluding carboxylic acids is 1. The molecular weight excluding hydrogens is 466 g/mol. The lowest BCUT2D eigenvalue weighted by Gasteiger charge is -2.35. The highest BCUT2D eigenvalue weighted by atomic mass is 35.5. The van der Waals surface area contributed by atoms with E-state index in [0.717, 1.165) is 56.9 Å². The molecular formula is C26H28ClN5OS. The van der Waals surface area contributed by atoms with Gasteiger partial charge in [-0.15, -0.1) is 0 Å². The minimum atomic E-state index is 0.00190. The molecule has 2 aromatic carbocycles. The third-order valence-electron chi connectivity index (χ3n) is 6.08. The maximum absolute atomic E-state index is 12.3. The second kappa shape index (κ2) is 10.8. The molecule has 5 rings (SSSR count). The predicted molar refractivity (Wildman–Crippen MR) is 137 cm³/mol. The molecule has 1 N–H and O–H groups in total. The Bertz CT molecular complexity index is 1130. The normalized spacial score (nSPS) is 16.4. The lowest BCUT2D eigenvalue weighted by atomic mass is 10.1. The minimum absolute atomic E-state index is 0.00190. The number of amides is 1. The van der Waals surface area contributed by atoms with Gasteiger partial charge in [-0.1, -0.05) is 65.8 Å². The summed E-state index contributed by atoms with van der Waals surface area (Å²) in [6.07, 6.45) is 2.16. The SMILES string of the molecule is O=C(NC1CC1)c1cccc(CSc2nc(Cl)cc(N3CCN(Cc4ccccc4)CC3)n2)c1. The zero-order valence-corrected chi connectivity index (χ0v) is 20.6.